The molecule has 32 heteroatoms. The fraction of sp³-hybridized carbons (Fsp3) is 1.00. The Bertz CT molecular complexity index is 4180. The normalized spacial score (nSPS) is 35.7. The van der Waals surface area contributed by atoms with Crippen molar-refractivity contribution in [2.24, 2.45) is 75.9 Å². The van der Waals surface area contributed by atoms with Crippen LogP contribution in [-0.2, 0) is 114 Å². The van der Waals surface area contributed by atoms with Crippen LogP contribution in [0.2, 0.25) is 0 Å². The lowest BCUT2D eigenvalue weighted by molar-refractivity contribution is 0.00682. The summed E-state index contributed by atoms with van der Waals surface area (Å²) in [5.74, 6) is 1.82. The maximum absolute atomic E-state index is 12.3. The van der Waals surface area contributed by atoms with Crippen molar-refractivity contribution in [3.05, 3.63) is 0 Å². The number of rotatable bonds is 18. The molecule has 0 bridgehead atoms. The Hall–Kier alpha value is -0.720. The lowest BCUT2D eigenvalue weighted by atomic mass is 9.63. The summed E-state index contributed by atoms with van der Waals surface area (Å²) < 4.78 is 229. The molecule has 0 amide bonds. The van der Waals surface area contributed by atoms with Crippen molar-refractivity contribution in [3.8, 4) is 0 Å². The molecule has 0 aliphatic carbocycles. The quantitative estimate of drug-likeness (QED) is 0.115. The Morgan fingerprint density at radius 2 is 0.750 bits per heavy atom. The van der Waals surface area contributed by atoms with Gasteiger partial charge < -0.3 is 0 Å². The molecule has 8 rings (SSSR count). The third-order valence-electron chi connectivity index (χ3n) is 29.6. The maximum Gasteiger partial charge on any atom is 0.274 e. The molecule has 0 aromatic heterocycles. The van der Waals surface area contributed by atoms with Gasteiger partial charge in [0.05, 0.1) is 71.1 Å². The summed E-state index contributed by atoms with van der Waals surface area (Å²) in [6, 6.07) is 0. The van der Waals surface area contributed by atoms with E-state index in [0.29, 0.717) is 37.5 Å². The van der Waals surface area contributed by atoms with Crippen LogP contribution in [0.25, 0.3) is 0 Å². The molecule has 0 spiro atoms. The van der Waals surface area contributed by atoms with Crippen LogP contribution in [0.1, 0.15) is 374 Å². The van der Waals surface area contributed by atoms with Crippen LogP contribution in [0.15, 0.2) is 0 Å². The van der Waals surface area contributed by atoms with Crippen LogP contribution >= 0.6 is 0 Å². The SMILES string of the molecule is CCC(C)C1(C)C(C)(C)C(C)(C)OS1(=O)=O.CCC(C)C1(C)C(C)C(C)(C)OS1(=O)=O.CCC(C)C1(C)CC(C)(C)OS1(=O)=O.CCC(C)C1C(C)(C)C(C)(C)OS1(=O)=O.CCC(C)C1C(C)C(C)(C)OS1(=O)=O.CCC(C)C1CC(C)(C)OS1(=O)=O.CCC(C)CC1C(C)C(C)(C)OS1(=O)=O.CCC(C)CC1CC(C)(C)OS1(=O)=O. The zero-order chi connectivity index (χ0) is 92.6. The summed E-state index contributed by atoms with van der Waals surface area (Å²) in [6.45, 7) is 81.1. The monoisotopic (exact) mass is 1820 g/mol. The molecule has 0 aromatic rings. The van der Waals surface area contributed by atoms with E-state index in [0.717, 1.165) is 57.8 Å². The van der Waals surface area contributed by atoms with E-state index in [2.05, 4.69) is 27.7 Å². The van der Waals surface area contributed by atoms with Gasteiger partial charge in [-0.05, 0) is 211 Å². The van der Waals surface area contributed by atoms with Gasteiger partial charge in [0.25, 0.3) is 80.9 Å². The van der Waals surface area contributed by atoms with E-state index in [1.54, 1.807) is 6.92 Å². The van der Waals surface area contributed by atoms with E-state index in [1.165, 1.54) is 0 Å². The van der Waals surface area contributed by atoms with Gasteiger partial charge in [0.15, 0.2) is 0 Å². The van der Waals surface area contributed by atoms with Crippen molar-refractivity contribution in [1.29, 1.82) is 0 Å². The van der Waals surface area contributed by atoms with E-state index in [9.17, 15) is 67.3 Å². The second-order valence-electron chi connectivity index (χ2n) is 41.6. The first-order chi connectivity index (χ1) is 51.2. The Morgan fingerprint density at radius 3 is 1.04 bits per heavy atom. The molecule has 8 saturated heterocycles. The van der Waals surface area contributed by atoms with Gasteiger partial charge in [-0.15, -0.1) is 0 Å². The molecular formula is C84H168O24S8. The molecule has 8 aliphatic rings. The summed E-state index contributed by atoms with van der Waals surface area (Å²) >= 11 is 0. The van der Waals surface area contributed by atoms with Gasteiger partial charge >= 0.3 is 0 Å². The first kappa shape index (κ1) is 113. The van der Waals surface area contributed by atoms with Gasteiger partial charge in [0, 0.05) is 28.6 Å². The van der Waals surface area contributed by atoms with Crippen molar-refractivity contribution in [2.75, 3.05) is 0 Å². The summed E-state index contributed by atoms with van der Waals surface area (Å²) in [7, 11) is -27.1. The third kappa shape index (κ3) is 24.9. The number of hydrogen-bond acceptors (Lipinski definition) is 24. The first-order valence-corrected chi connectivity index (χ1v) is 54.4. The standard InChI is InChI=1S/C12H24O3S.3C11H22O3S.3C10H20O3S.C9H18O3S/c1-8-9(2)12(7)10(3,4)11(5,6)15-16(12,13)14;1-7-8(2)9-10(3,4)11(5,6)14-15(9,12)13;1-7-8(2)11(6)9(3)10(4,5)14-15(11,12)13;1-6-8(2)7-10-9(3)11(4,5)14-15(10,12)13;1-6-8(2)10(5)7-9(3,4)13-14(10,11)12;1-6-7(2)9-8(3)10(4,5)13-14(9,11)12;1-5-8(2)6-9-7-10(3,4)13-14(9,11)12;1-5-7(2)8-6-9(3,4)12-13(8,10)11/h9H,8H2,1-7H3;2*8-9H,7H2,1-6H3;8-10H,6-7H2,1-5H3;8H,6-7H2,1-5H3;7-9H,6H2,1-5H3;8-9H,5-7H2,1-4H3;7-8H,5-6H2,1-4H3. The molecular weight excluding hydrogens is 1650 g/mol. The third-order valence-corrected chi connectivity index (χ3v) is 47.4. The largest absolute Gasteiger partial charge is 0.274 e. The highest BCUT2D eigenvalue weighted by atomic mass is 32.3. The lowest BCUT2D eigenvalue weighted by Crippen LogP contribution is -2.53. The second-order valence-corrected chi connectivity index (χ2v) is 56.2. The van der Waals surface area contributed by atoms with Crippen LogP contribution < -0.4 is 0 Å². The van der Waals surface area contributed by atoms with Crippen LogP contribution in [0, 0.1) is 75.9 Å². The Balaban J connectivity index is 0.000000663. The summed E-state index contributed by atoms with van der Waals surface area (Å²) in [5, 5.41) is -1.69. The molecule has 19 atom stereocenters. The molecule has 8 heterocycles. The lowest BCUT2D eigenvalue weighted by Gasteiger charge is -2.43. The van der Waals surface area contributed by atoms with Crippen molar-refractivity contribution in [2.45, 2.75) is 460 Å². The average molecular weight is 1820 g/mol. The van der Waals surface area contributed by atoms with Gasteiger partial charge in [0.2, 0.25) is 0 Å². The van der Waals surface area contributed by atoms with E-state index in [1.807, 2.05) is 256 Å². The van der Waals surface area contributed by atoms with Crippen LogP contribution in [0.4, 0.5) is 0 Å². The molecule has 8 aliphatic heterocycles. The Morgan fingerprint density at radius 1 is 0.336 bits per heavy atom. The molecule has 24 nitrogen and oxygen atoms in total. The number of hydrogen-bond donors (Lipinski definition) is 0. The maximum atomic E-state index is 12.3. The molecule has 0 N–H and O–H groups in total. The highest BCUT2D eigenvalue weighted by Crippen LogP contribution is 2.59. The summed E-state index contributed by atoms with van der Waals surface area (Å²) in [6.07, 6.45) is 10.4. The minimum absolute atomic E-state index is 0.00458. The average Bonchev–Trinajstić information content (AvgIpc) is 1.54. The highest BCUT2D eigenvalue weighted by Gasteiger charge is 2.69. The van der Waals surface area contributed by atoms with Crippen molar-refractivity contribution >= 4 is 80.9 Å². The first-order valence-electron chi connectivity index (χ1n) is 42.8. The molecule has 116 heavy (non-hydrogen) atoms. The topological polar surface area (TPSA) is 347 Å². The minimum Gasteiger partial charge on any atom is -0.264 e. The molecule has 696 valence electrons. The van der Waals surface area contributed by atoms with E-state index < -0.39 is 151 Å². The van der Waals surface area contributed by atoms with Gasteiger partial charge in [-0.3, -0.25) is 33.5 Å². The smallest absolute Gasteiger partial charge is 0.264 e. The Kier molecular flexibility index (Phi) is 37.9. The van der Waals surface area contributed by atoms with Crippen LogP contribution in [-0.4, -0.2) is 153 Å². The molecule has 0 radical (unpaired) electrons. The van der Waals surface area contributed by atoms with Crippen molar-refractivity contribution in [3.63, 3.8) is 0 Å². The zero-order valence-corrected chi connectivity index (χ0v) is 86.5. The predicted molar refractivity (Wildman–Crippen MR) is 471 cm³/mol. The highest BCUT2D eigenvalue weighted by molar-refractivity contribution is 7.90. The summed E-state index contributed by atoms with van der Waals surface area (Å²) in [4.78, 5) is 0. The Labute approximate surface area is 712 Å². The van der Waals surface area contributed by atoms with Crippen LogP contribution in [0.3, 0.4) is 0 Å². The van der Waals surface area contributed by atoms with Crippen molar-refractivity contribution < 1.29 is 101 Å². The minimum atomic E-state index is -3.51. The van der Waals surface area contributed by atoms with Gasteiger partial charge in [0.1, 0.15) is 14.2 Å². The molecule has 0 saturated carbocycles. The van der Waals surface area contributed by atoms with Gasteiger partial charge in [-0.1, -0.05) is 211 Å². The van der Waals surface area contributed by atoms with E-state index >= 15 is 0 Å². The summed E-state index contributed by atoms with van der Waals surface area (Å²) in [5.41, 5.74) is -5.25. The molecule has 19 unspecified atom stereocenters. The van der Waals surface area contributed by atoms with Crippen LogP contribution in [0.5, 0.6) is 0 Å². The predicted octanol–water partition coefficient (Wildman–Crippen LogP) is 19.4. The molecule has 8 fully saturated rings. The zero-order valence-electron chi connectivity index (χ0n) is 80.0. The van der Waals surface area contributed by atoms with Crippen molar-refractivity contribution in [1.82, 2.24) is 0 Å². The van der Waals surface area contributed by atoms with E-state index in [-0.39, 0.29) is 79.7 Å². The fourth-order valence-electron chi connectivity index (χ4n) is 17.4. The van der Waals surface area contributed by atoms with Gasteiger partial charge in [-0.2, -0.15) is 67.3 Å². The van der Waals surface area contributed by atoms with Gasteiger partial charge in [-0.25, -0.2) is 0 Å². The van der Waals surface area contributed by atoms with E-state index in [4.69, 9.17) is 33.5 Å². The fourth-order valence-corrected chi connectivity index (χ4v) is 35.7. The second kappa shape index (κ2) is 38.9. The molecule has 0 aromatic carbocycles.